The lowest BCUT2D eigenvalue weighted by Gasteiger charge is -2.34. The lowest BCUT2D eigenvalue weighted by Crippen LogP contribution is -2.49. The number of rotatable bonds is 6. The fraction of sp³-hybridized carbons (Fsp3) is 0.421. The quantitative estimate of drug-likeness (QED) is 0.659. The Kier molecular flexibility index (Phi) is 5.43. The molecular weight excluding hydrogens is 358 g/mol. The molecule has 1 amide bonds. The van der Waals surface area contributed by atoms with Gasteiger partial charge in [0.2, 0.25) is 5.91 Å². The van der Waals surface area contributed by atoms with Gasteiger partial charge in [0.05, 0.1) is 17.6 Å². The van der Waals surface area contributed by atoms with Crippen LogP contribution in [0.5, 0.6) is 0 Å². The molecule has 1 saturated heterocycles. The molecule has 3 heterocycles. The van der Waals surface area contributed by atoms with Crippen molar-refractivity contribution in [3.63, 3.8) is 0 Å². The topological polar surface area (TPSA) is 100 Å². The Morgan fingerprint density at radius 2 is 1.93 bits per heavy atom. The highest BCUT2D eigenvalue weighted by Gasteiger charge is 2.21. The van der Waals surface area contributed by atoms with E-state index in [-0.39, 0.29) is 11.5 Å². The maximum Gasteiger partial charge on any atom is 0.270 e. The van der Waals surface area contributed by atoms with E-state index >= 15 is 0 Å². The number of amides is 1. The predicted octanol–water partition coefficient (Wildman–Crippen LogP) is 0.292. The first-order valence-corrected chi connectivity index (χ1v) is 9.49. The number of H-pyrrole nitrogens is 1. The van der Waals surface area contributed by atoms with Gasteiger partial charge in [-0.1, -0.05) is 12.1 Å². The second-order valence-corrected chi connectivity index (χ2v) is 6.91. The summed E-state index contributed by atoms with van der Waals surface area (Å²) >= 11 is 0. The summed E-state index contributed by atoms with van der Waals surface area (Å²) in [6.45, 7) is 4.78. The average Bonchev–Trinajstić information content (AvgIpc) is 3.24. The molecule has 0 spiro atoms. The van der Waals surface area contributed by atoms with E-state index < -0.39 is 0 Å². The summed E-state index contributed by atoms with van der Waals surface area (Å²) in [6.07, 6.45) is 3.90. The van der Waals surface area contributed by atoms with Crippen molar-refractivity contribution in [1.82, 2.24) is 34.5 Å². The van der Waals surface area contributed by atoms with Crippen LogP contribution in [0.25, 0.3) is 11.0 Å². The zero-order valence-electron chi connectivity index (χ0n) is 15.6. The minimum absolute atomic E-state index is 0.0743. The van der Waals surface area contributed by atoms with E-state index in [1.165, 1.54) is 6.33 Å². The molecule has 0 aliphatic carbocycles. The predicted molar refractivity (Wildman–Crippen MR) is 104 cm³/mol. The number of carbonyl (C=O) groups excluding carboxylic acids is 1. The van der Waals surface area contributed by atoms with Crippen molar-refractivity contribution < 1.29 is 4.79 Å². The standard InChI is InChI=1S/C19H23N7O2/c27-18(6-5-17-19(28)23-16-4-2-1-3-15(16)22-17)25-10-7-24(8-11-25)9-12-26-14-20-13-21-26/h1-4,13-14H,5-12H2,(H,23,28). The monoisotopic (exact) mass is 381 g/mol. The van der Waals surface area contributed by atoms with Crippen LogP contribution in [0.2, 0.25) is 0 Å². The summed E-state index contributed by atoms with van der Waals surface area (Å²) in [5, 5.41) is 4.10. The molecule has 0 radical (unpaired) electrons. The molecule has 4 rings (SSSR count). The van der Waals surface area contributed by atoms with Crippen LogP contribution in [-0.4, -0.2) is 73.2 Å². The van der Waals surface area contributed by atoms with Gasteiger partial charge in [-0.3, -0.25) is 19.2 Å². The number of benzene rings is 1. The maximum atomic E-state index is 12.5. The Bertz CT molecular complexity index is 991. The second-order valence-electron chi connectivity index (χ2n) is 6.91. The number of piperazine rings is 1. The van der Waals surface area contributed by atoms with Crippen LogP contribution in [0.3, 0.4) is 0 Å². The van der Waals surface area contributed by atoms with Gasteiger partial charge < -0.3 is 9.88 Å². The maximum absolute atomic E-state index is 12.5. The minimum Gasteiger partial charge on any atom is -0.340 e. The Morgan fingerprint density at radius 1 is 1.11 bits per heavy atom. The second kappa shape index (κ2) is 8.30. The Morgan fingerprint density at radius 3 is 2.71 bits per heavy atom. The van der Waals surface area contributed by atoms with E-state index in [2.05, 4.69) is 25.0 Å². The molecule has 1 aromatic carbocycles. The smallest absolute Gasteiger partial charge is 0.270 e. The molecule has 0 saturated carbocycles. The molecule has 0 unspecified atom stereocenters. The number of aromatic amines is 1. The third-order valence-electron chi connectivity index (χ3n) is 5.08. The van der Waals surface area contributed by atoms with E-state index in [4.69, 9.17) is 0 Å². The van der Waals surface area contributed by atoms with Gasteiger partial charge in [-0.15, -0.1) is 0 Å². The molecule has 2 aromatic heterocycles. The molecule has 0 bridgehead atoms. The lowest BCUT2D eigenvalue weighted by atomic mass is 10.2. The first-order chi connectivity index (χ1) is 13.7. The van der Waals surface area contributed by atoms with Crippen LogP contribution < -0.4 is 5.56 Å². The van der Waals surface area contributed by atoms with Crippen LogP contribution in [0.1, 0.15) is 12.1 Å². The third-order valence-corrected chi connectivity index (χ3v) is 5.08. The molecule has 146 valence electrons. The van der Waals surface area contributed by atoms with Crippen molar-refractivity contribution >= 4 is 16.9 Å². The zero-order valence-corrected chi connectivity index (χ0v) is 15.6. The summed E-state index contributed by atoms with van der Waals surface area (Å²) in [7, 11) is 0. The van der Waals surface area contributed by atoms with E-state index in [0.29, 0.717) is 37.1 Å². The Balaban J connectivity index is 1.27. The fourth-order valence-corrected chi connectivity index (χ4v) is 3.43. The number of carbonyl (C=O) groups is 1. The number of aromatic nitrogens is 5. The first-order valence-electron chi connectivity index (χ1n) is 9.49. The van der Waals surface area contributed by atoms with Crippen molar-refractivity contribution in [2.75, 3.05) is 32.7 Å². The summed E-state index contributed by atoms with van der Waals surface area (Å²) in [4.78, 5) is 40.1. The van der Waals surface area contributed by atoms with Crippen molar-refractivity contribution in [1.29, 1.82) is 0 Å². The number of fused-ring (bicyclic) bond motifs is 1. The minimum atomic E-state index is -0.218. The van der Waals surface area contributed by atoms with Gasteiger partial charge in [-0.2, -0.15) is 5.10 Å². The van der Waals surface area contributed by atoms with Crippen molar-refractivity contribution in [2.24, 2.45) is 0 Å². The Hall–Kier alpha value is -3.07. The van der Waals surface area contributed by atoms with Gasteiger partial charge in [0.15, 0.2) is 0 Å². The number of para-hydroxylation sites is 2. The average molecular weight is 381 g/mol. The first kappa shape index (κ1) is 18.3. The van der Waals surface area contributed by atoms with Gasteiger partial charge in [0.1, 0.15) is 18.3 Å². The highest BCUT2D eigenvalue weighted by molar-refractivity contribution is 5.77. The van der Waals surface area contributed by atoms with Gasteiger partial charge in [-0.05, 0) is 12.1 Å². The van der Waals surface area contributed by atoms with E-state index in [1.54, 1.807) is 6.33 Å². The van der Waals surface area contributed by atoms with Crippen LogP contribution >= 0.6 is 0 Å². The van der Waals surface area contributed by atoms with Gasteiger partial charge in [0.25, 0.3) is 5.56 Å². The van der Waals surface area contributed by atoms with E-state index in [9.17, 15) is 9.59 Å². The largest absolute Gasteiger partial charge is 0.340 e. The van der Waals surface area contributed by atoms with Gasteiger partial charge in [0, 0.05) is 45.6 Å². The third kappa shape index (κ3) is 4.25. The van der Waals surface area contributed by atoms with Crippen molar-refractivity contribution in [3.05, 3.63) is 53.0 Å². The van der Waals surface area contributed by atoms with E-state index in [0.717, 1.165) is 31.7 Å². The molecule has 1 aliphatic rings. The highest BCUT2D eigenvalue weighted by atomic mass is 16.2. The summed E-state index contributed by atoms with van der Waals surface area (Å²) in [5.74, 6) is 0.0743. The number of hydrogen-bond acceptors (Lipinski definition) is 6. The van der Waals surface area contributed by atoms with Crippen molar-refractivity contribution in [3.8, 4) is 0 Å². The number of nitrogens with one attached hydrogen (secondary N) is 1. The molecule has 9 nitrogen and oxygen atoms in total. The SMILES string of the molecule is O=C(CCc1nc2ccccc2[nH]c1=O)N1CCN(CCn2cncn2)CC1. The van der Waals surface area contributed by atoms with Gasteiger partial charge >= 0.3 is 0 Å². The molecule has 1 N–H and O–H groups in total. The zero-order chi connectivity index (χ0) is 19.3. The molecule has 1 aliphatic heterocycles. The summed E-state index contributed by atoms with van der Waals surface area (Å²) < 4.78 is 1.81. The molecule has 28 heavy (non-hydrogen) atoms. The fourth-order valence-electron chi connectivity index (χ4n) is 3.43. The van der Waals surface area contributed by atoms with Crippen molar-refractivity contribution in [2.45, 2.75) is 19.4 Å². The normalized spacial score (nSPS) is 15.2. The summed E-state index contributed by atoms with van der Waals surface area (Å²) in [6, 6.07) is 7.41. The molecule has 9 heteroatoms. The van der Waals surface area contributed by atoms with Crippen LogP contribution in [0.4, 0.5) is 0 Å². The van der Waals surface area contributed by atoms with Crippen LogP contribution in [0, 0.1) is 0 Å². The molecular formula is C19H23N7O2. The molecule has 0 atom stereocenters. The highest BCUT2D eigenvalue weighted by Crippen LogP contribution is 2.09. The molecule has 3 aromatic rings. The number of nitrogens with zero attached hydrogens (tertiary/aromatic N) is 6. The lowest BCUT2D eigenvalue weighted by molar-refractivity contribution is -0.132. The van der Waals surface area contributed by atoms with E-state index in [1.807, 2.05) is 33.8 Å². The Labute approximate surface area is 162 Å². The molecule has 1 fully saturated rings. The van der Waals surface area contributed by atoms with Gasteiger partial charge in [-0.25, -0.2) is 9.97 Å². The van der Waals surface area contributed by atoms with Crippen LogP contribution in [-0.2, 0) is 17.8 Å². The summed E-state index contributed by atoms with van der Waals surface area (Å²) in [5.41, 5.74) is 1.65. The van der Waals surface area contributed by atoms with Crippen LogP contribution in [0.15, 0.2) is 41.7 Å². The number of hydrogen-bond donors (Lipinski definition) is 1. The number of aryl methyl sites for hydroxylation is 1.